The van der Waals surface area contributed by atoms with Crippen LogP contribution in [0.15, 0.2) is 24.3 Å². The second-order valence-electron chi connectivity index (χ2n) is 3.71. The van der Waals surface area contributed by atoms with Gasteiger partial charge in [-0.05, 0) is 37.5 Å². The van der Waals surface area contributed by atoms with E-state index in [4.69, 9.17) is 5.26 Å². The Morgan fingerprint density at radius 2 is 1.93 bits per heavy atom. The van der Waals surface area contributed by atoms with Crippen molar-refractivity contribution in [2.75, 3.05) is 18.0 Å². The molecular formula is C12H14N2. The van der Waals surface area contributed by atoms with Gasteiger partial charge in [0, 0.05) is 18.8 Å². The van der Waals surface area contributed by atoms with Gasteiger partial charge in [0.15, 0.2) is 0 Å². The van der Waals surface area contributed by atoms with Gasteiger partial charge in [-0.2, -0.15) is 5.26 Å². The summed E-state index contributed by atoms with van der Waals surface area (Å²) in [5.41, 5.74) is 1.96. The van der Waals surface area contributed by atoms with Crippen molar-refractivity contribution in [2.24, 2.45) is 0 Å². The first-order valence-electron chi connectivity index (χ1n) is 5.15. The van der Waals surface area contributed by atoms with E-state index in [1.807, 2.05) is 18.2 Å². The molecule has 0 unspecified atom stereocenters. The van der Waals surface area contributed by atoms with Crippen molar-refractivity contribution in [3.63, 3.8) is 0 Å². The maximum atomic E-state index is 8.79. The van der Waals surface area contributed by atoms with Crippen LogP contribution in [-0.2, 0) is 0 Å². The van der Waals surface area contributed by atoms with Gasteiger partial charge in [-0.1, -0.05) is 6.07 Å². The van der Waals surface area contributed by atoms with E-state index in [9.17, 15) is 0 Å². The lowest BCUT2D eigenvalue weighted by atomic mass is 10.1. The fourth-order valence-corrected chi connectivity index (χ4v) is 1.92. The number of piperidine rings is 1. The molecule has 14 heavy (non-hydrogen) atoms. The molecule has 1 aliphatic rings. The van der Waals surface area contributed by atoms with E-state index in [0.29, 0.717) is 0 Å². The van der Waals surface area contributed by atoms with E-state index in [1.54, 1.807) is 0 Å². The smallest absolute Gasteiger partial charge is 0.0992 e. The van der Waals surface area contributed by atoms with Crippen molar-refractivity contribution in [3.05, 3.63) is 29.8 Å². The molecule has 72 valence electrons. The maximum absolute atomic E-state index is 8.79. The fourth-order valence-electron chi connectivity index (χ4n) is 1.92. The van der Waals surface area contributed by atoms with Crippen molar-refractivity contribution in [1.29, 1.82) is 5.26 Å². The monoisotopic (exact) mass is 186 g/mol. The highest BCUT2D eigenvalue weighted by Gasteiger charge is 2.10. The van der Waals surface area contributed by atoms with Crippen molar-refractivity contribution in [3.8, 4) is 6.07 Å². The summed E-state index contributed by atoms with van der Waals surface area (Å²) in [6.45, 7) is 2.27. The second-order valence-corrected chi connectivity index (χ2v) is 3.71. The van der Waals surface area contributed by atoms with E-state index in [1.165, 1.54) is 24.9 Å². The van der Waals surface area contributed by atoms with E-state index >= 15 is 0 Å². The van der Waals surface area contributed by atoms with Gasteiger partial charge in [-0.3, -0.25) is 0 Å². The van der Waals surface area contributed by atoms with Gasteiger partial charge in [-0.15, -0.1) is 0 Å². The highest BCUT2D eigenvalue weighted by Crippen LogP contribution is 2.20. The quantitative estimate of drug-likeness (QED) is 0.674. The van der Waals surface area contributed by atoms with Crippen molar-refractivity contribution < 1.29 is 0 Å². The van der Waals surface area contributed by atoms with Crippen LogP contribution in [0.4, 0.5) is 5.69 Å². The number of rotatable bonds is 1. The van der Waals surface area contributed by atoms with Crippen LogP contribution in [0.1, 0.15) is 24.8 Å². The second kappa shape index (κ2) is 4.15. The van der Waals surface area contributed by atoms with Gasteiger partial charge in [0.1, 0.15) is 0 Å². The predicted octanol–water partition coefficient (Wildman–Crippen LogP) is 2.55. The zero-order valence-corrected chi connectivity index (χ0v) is 8.24. The van der Waals surface area contributed by atoms with Crippen molar-refractivity contribution in [1.82, 2.24) is 0 Å². The molecule has 2 heteroatoms. The molecule has 0 aliphatic carbocycles. The van der Waals surface area contributed by atoms with E-state index in [-0.39, 0.29) is 0 Å². The Bertz CT molecular complexity index is 346. The average molecular weight is 186 g/mol. The molecule has 1 aliphatic heterocycles. The summed E-state index contributed by atoms with van der Waals surface area (Å²) >= 11 is 0. The van der Waals surface area contributed by atoms with Crippen LogP contribution in [0.5, 0.6) is 0 Å². The molecule has 1 aromatic rings. The van der Waals surface area contributed by atoms with Gasteiger partial charge >= 0.3 is 0 Å². The molecule has 0 saturated carbocycles. The van der Waals surface area contributed by atoms with Crippen LogP contribution in [0, 0.1) is 11.3 Å². The molecule has 1 saturated heterocycles. The standard InChI is InChI=1S/C12H14N2/c13-10-11-5-4-6-12(9-11)14-7-2-1-3-8-14/h4-6,9H,1-3,7-8H2. The van der Waals surface area contributed by atoms with Gasteiger partial charge in [-0.25, -0.2) is 0 Å². The zero-order chi connectivity index (χ0) is 9.80. The Hall–Kier alpha value is -1.49. The summed E-state index contributed by atoms with van der Waals surface area (Å²) < 4.78 is 0. The zero-order valence-electron chi connectivity index (χ0n) is 8.24. The average Bonchev–Trinajstić information content (AvgIpc) is 2.30. The molecule has 0 N–H and O–H groups in total. The fraction of sp³-hybridized carbons (Fsp3) is 0.417. The number of nitriles is 1. The minimum atomic E-state index is 0.757. The third kappa shape index (κ3) is 1.88. The highest BCUT2D eigenvalue weighted by atomic mass is 15.1. The van der Waals surface area contributed by atoms with Gasteiger partial charge in [0.25, 0.3) is 0 Å². The minimum absolute atomic E-state index is 0.757. The first kappa shape index (κ1) is 9.08. The molecule has 2 nitrogen and oxygen atoms in total. The van der Waals surface area contributed by atoms with Crippen LogP contribution in [0.3, 0.4) is 0 Å². The molecule has 0 bridgehead atoms. The normalized spacial score (nSPS) is 16.4. The first-order chi connectivity index (χ1) is 6.90. The number of anilines is 1. The molecule has 1 fully saturated rings. The van der Waals surface area contributed by atoms with Crippen molar-refractivity contribution in [2.45, 2.75) is 19.3 Å². The summed E-state index contributed by atoms with van der Waals surface area (Å²) in [5.74, 6) is 0. The van der Waals surface area contributed by atoms with Crippen LogP contribution < -0.4 is 4.90 Å². The largest absolute Gasteiger partial charge is 0.372 e. The minimum Gasteiger partial charge on any atom is -0.372 e. The molecule has 0 radical (unpaired) electrons. The summed E-state index contributed by atoms with van der Waals surface area (Å²) in [6, 6.07) is 10.1. The Morgan fingerprint density at radius 1 is 1.14 bits per heavy atom. The summed E-state index contributed by atoms with van der Waals surface area (Å²) in [7, 11) is 0. The lowest BCUT2D eigenvalue weighted by Gasteiger charge is -2.28. The first-order valence-corrected chi connectivity index (χ1v) is 5.15. The molecule has 0 spiro atoms. The Morgan fingerprint density at radius 3 is 2.64 bits per heavy atom. The number of hydrogen-bond donors (Lipinski definition) is 0. The molecule has 1 heterocycles. The Kier molecular flexibility index (Phi) is 2.69. The summed E-state index contributed by atoms with van der Waals surface area (Å²) in [5, 5.41) is 8.79. The highest BCUT2D eigenvalue weighted by molar-refractivity contribution is 5.51. The molecule has 0 amide bonds. The topological polar surface area (TPSA) is 27.0 Å². The molecular weight excluding hydrogens is 172 g/mol. The number of nitrogens with zero attached hydrogens (tertiary/aromatic N) is 2. The summed E-state index contributed by atoms with van der Waals surface area (Å²) in [4.78, 5) is 2.37. The van der Waals surface area contributed by atoms with Gasteiger partial charge < -0.3 is 4.90 Å². The Labute approximate surface area is 84.8 Å². The van der Waals surface area contributed by atoms with Crippen molar-refractivity contribution >= 4 is 5.69 Å². The van der Waals surface area contributed by atoms with Crippen LogP contribution in [0.25, 0.3) is 0 Å². The van der Waals surface area contributed by atoms with Crippen LogP contribution >= 0.6 is 0 Å². The Balaban J connectivity index is 2.18. The van der Waals surface area contributed by atoms with E-state index in [2.05, 4.69) is 17.0 Å². The van der Waals surface area contributed by atoms with Gasteiger partial charge in [0.05, 0.1) is 11.6 Å². The maximum Gasteiger partial charge on any atom is 0.0992 e. The third-order valence-corrected chi connectivity index (χ3v) is 2.70. The number of hydrogen-bond acceptors (Lipinski definition) is 2. The van der Waals surface area contributed by atoms with E-state index in [0.717, 1.165) is 18.7 Å². The molecule has 1 aromatic carbocycles. The molecule has 2 rings (SSSR count). The predicted molar refractivity (Wildman–Crippen MR) is 57.2 cm³/mol. The van der Waals surface area contributed by atoms with Gasteiger partial charge in [0.2, 0.25) is 0 Å². The lowest BCUT2D eigenvalue weighted by molar-refractivity contribution is 0.578. The SMILES string of the molecule is N#Cc1cccc(N2CCCCC2)c1. The molecule has 0 aromatic heterocycles. The van der Waals surface area contributed by atoms with Crippen LogP contribution in [0.2, 0.25) is 0 Å². The number of benzene rings is 1. The summed E-state index contributed by atoms with van der Waals surface area (Å²) in [6.07, 6.45) is 3.89. The molecule has 0 atom stereocenters. The third-order valence-electron chi connectivity index (χ3n) is 2.70. The van der Waals surface area contributed by atoms with Crippen LogP contribution in [-0.4, -0.2) is 13.1 Å². The lowest BCUT2D eigenvalue weighted by Crippen LogP contribution is -2.29. The van der Waals surface area contributed by atoms with E-state index < -0.39 is 0 Å².